The van der Waals surface area contributed by atoms with Crippen molar-refractivity contribution in [3.63, 3.8) is 0 Å². The van der Waals surface area contributed by atoms with Crippen molar-refractivity contribution in [2.75, 3.05) is 0 Å². The molecule has 4 aliphatic rings. The number of nitrogens with zero attached hydrogens (tertiary/aromatic N) is 1. The third-order valence-corrected chi connectivity index (χ3v) is 14.8. The third-order valence-electron chi connectivity index (χ3n) is 14.8. The molecule has 1 heteroatoms. The van der Waals surface area contributed by atoms with Crippen LogP contribution in [0.15, 0.2) is 163 Å². The summed E-state index contributed by atoms with van der Waals surface area (Å²) in [5, 5.41) is 6.67. The number of benzene rings is 7. The topological polar surface area (TPSA) is 4.41 Å². The van der Waals surface area contributed by atoms with Gasteiger partial charge in [0.1, 0.15) is 0 Å². The van der Waals surface area contributed by atoms with Crippen molar-refractivity contribution in [1.29, 1.82) is 0 Å². The highest BCUT2D eigenvalue weighted by molar-refractivity contribution is 6.21. The molecule has 7 aromatic carbocycles. The Labute approximate surface area is 346 Å². The fraction of sp³-hybridized carbons (Fsp3) is 0.172. The zero-order chi connectivity index (χ0) is 39.5. The Hall–Kier alpha value is -6.44. The van der Waals surface area contributed by atoms with Crippen LogP contribution in [0.3, 0.4) is 0 Å². The average molecular weight is 756 g/mol. The number of hydrogen-bond acceptors (Lipinski definition) is 0. The summed E-state index contributed by atoms with van der Waals surface area (Å²) in [5.41, 5.74) is 22.8. The second-order valence-corrected chi connectivity index (χ2v) is 18.4. The van der Waals surface area contributed by atoms with Gasteiger partial charge in [-0.3, -0.25) is 0 Å². The molecular formula is C58H45N. The van der Waals surface area contributed by atoms with Crippen LogP contribution in [-0.4, -0.2) is 4.40 Å². The normalized spacial score (nSPS) is 18.2. The monoisotopic (exact) mass is 755 g/mol. The summed E-state index contributed by atoms with van der Waals surface area (Å²) in [7, 11) is 0. The molecule has 0 fully saturated rings. The molecule has 9 aromatic rings. The van der Waals surface area contributed by atoms with Crippen LogP contribution in [0.25, 0.3) is 77.4 Å². The molecule has 2 heterocycles. The lowest BCUT2D eigenvalue weighted by Gasteiger charge is -2.31. The molecule has 282 valence electrons. The van der Waals surface area contributed by atoms with Crippen LogP contribution in [0.5, 0.6) is 0 Å². The molecule has 0 bridgehead atoms. The molecule has 1 spiro atoms. The number of allylic oxidation sites excluding steroid dienone is 5. The Morgan fingerprint density at radius 2 is 1.20 bits per heavy atom. The highest BCUT2D eigenvalue weighted by Gasteiger charge is 2.51. The van der Waals surface area contributed by atoms with Crippen molar-refractivity contribution in [1.82, 2.24) is 4.40 Å². The minimum absolute atomic E-state index is 0.334. The van der Waals surface area contributed by atoms with Crippen molar-refractivity contribution in [3.05, 3.63) is 202 Å². The first-order valence-electron chi connectivity index (χ1n) is 21.7. The van der Waals surface area contributed by atoms with Gasteiger partial charge in [0, 0.05) is 39.3 Å². The van der Waals surface area contributed by atoms with E-state index in [0.717, 1.165) is 0 Å². The first-order valence-corrected chi connectivity index (χ1v) is 21.7. The maximum Gasteiger partial charge on any atom is 0.0725 e. The SMILES string of the molecule is CC(C)C1=CC2=Cc3c(n4c5cc6ccc(C(C)C)cc6cc5c5cc(-c6ccc7c(c6)C6(c8ccccc8-c8ccccc86)c6ccccc6-7)cc3c54)C(C)C2C=C1. The van der Waals surface area contributed by atoms with Gasteiger partial charge in [-0.15, -0.1) is 0 Å². The molecule has 0 saturated heterocycles. The number of aromatic nitrogens is 1. The smallest absolute Gasteiger partial charge is 0.0725 e. The Kier molecular flexibility index (Phi) is 6.60. The van der Waals surface area contributed by atoms with Gasteiger partial charge >= 0.3 is 0 Å². The third kappa shape index (κ3) is 4.20. The average Bonchev–Trinajstić information content (AvgIpc) is 3.96. The predicted octanol–water partition coefficient (Wildman–Crippen LogP) is 15.2. The van der Waals surface area contributed by atoms with Crippen molar-refractivity contribution < 1.29 is 0 Å². The van der Waals surface area contributed by atoms with E-state index in [1.165, 1.54) is 122 Å². The van der Waals surface area contributed by atoms with E-state index in [1.807, 2.05) is 0 Å². The van der Waals surface area contributed by atoms with Gasteiger partial charge in [0.05, 0.1) is 16.4 Å². The van der Waals surface area contributed by atoms with E-state index >= 15 is 0 Å². The molecule has 4 aliphatic carbocycles. The molecule has 0 aliphatic heterocycles. The summed E-state index contributed by atoms with van der Waals surface area (Å²) in [6.07, 6.45) is 9.89. The Morgan fingerprint density at radius 1 is 0.542 bits per heavy atom. The molecule has 13 rings (SSSR count). The molecule has 2 aromatic heterocycles. The molecule has 2 atom stereocenters. The molecule has 0 saturated carbocycles. The van der Waals surface area contributed by atoms with Crippen LogP contribution in [-0.2, 0) is 5.41 Å². The number of hydrogen-bond donors (Lipinski definition) is 0. The van der Waals surface area contributed by atoms with Crippen LogP contribution in [0.4, 0.5) is 0 Å². The van der Waals surface area contributed by atoms with Gasteiger partial charge in [0.2, 0.25) is 0 Å². The zero-order valence-electron chi connectivity index (χ0n) is 34.3. The van der Waals surface area contributed by atoms with E-state index < -0.39 is 0 Å². The van der Waals surface area contributed by atoms with Gasteiger partial charge in [-0.1, -0.05) is 156 Å². The summed E-state index contributed by atoms with van der Waals surface area (Å²) in [5.74, 6) is 1.67. The lowest BCUT2D eigenvalue weighted by molar-refractivity contribution is 0.594. The van der Waals surface area contributed by atoms with Gasteiger partial charge in [0.25, 0.3) is 0 Å². The fourth-order valence-electron chi connectivity index (χ4n) is 12.0. The molecule has 1 nitrogen and oxygen atoms in total. The van der Waals surface area contributed by atoms with Gasteiger partial charge in [-0.05, 0) is 131 Å². The maximum absolute atomic E-state index is 2.66. The highest BCUT2D eigenvalue weighted by atomic mass is 14.9. The van der Waals surface area contributed by atoms with E-state index in [2.05, 4.69) is 197 Å². The van der Waals surface area contributed by atoms with Crippen LogP contribution in [0.1, 0.15) is 85.5 Å². The quantitative estimate of drug-likeness (QED) is 0.169. The highest BCUT2D eigenvalue weighted by Crippen LogP contribution is 2.63. The summed E-state index contributed by atoms with van der Waals surface area (Å²) >= 11 is 0. The van der Waals surface area contributed by atoms with Gasteiger partial charge in [-0.25, -0.2) is 0 Å². The Balaban J connectivity index is 1.11. The molecule has 2 unspecified atom stereocenters. The first kappa shape index (κ1) is 33.5. The second kappa shape index (κ2) is 11.6. The van der Waals surface area contributed by atoms with Crippen LogP contribution >= 0.6 is 0 Å². The van der Waals surface area contributed by atoms with E-state index in [4.69, 9.17) is 0 Å². The molecular weight excluding hydrogens is 711 g/mol. The minimum Gasteiger partial charge on any atom is -0.311 e. The van der Waals surface area contributed by atoms with Crippen molar-refractivity contribution >= 4 is 44.0 Å². The van der Waals surface area contributed by atoms with E-state index in [1.54, 1.807) is 0 Å². The predicted molar refractivity (Wildman–Crippen MR) is 249 cm³/mol. The summed E-state index contributed by atoms with van der Waals surface area (Å²) < 4.78 is 2.66. The van der Waals surface area contributed by atoms with Crippen LogP contribution in [0.2, 0.25) is 0 Å². The van der Waals surface area contributed by atoms with Crippen molar-refractivity contribution in [2.45, 2.75) is 51.9 Å². The van der Waals surface area contributed by atoms with E-state index in [-0.39, 0.29) is 5.41 Å². The van der Waals surface area contributed by atoms with Crippen LogP contribution < -0.4 is 0 Å². The van der Waals surface area contributed by atoms with Crippen molar-refractivity contribution in [2.24, 2.45) is 11.8 Å². The Bertz CT molecular complexity index is 3350. The van der Waals surface area contributed by atoms with Gasteiger partial charge in [0.15, 0.2) is 0 Å². The van der Waals surface area contributed by atoms with Gasteiger partial charge < -0.3 is 4.40 Å². The molecule has 0 amide bonds. The minimum atomic E-state index is -0.373. The molecule has 59 heavy (non-hydrogen) atoms. The standard InChI is InChI=1S/C58H45N/c1-32(2)35-18-19-38-31-55-47(26-39(38)24-35)48-27-40(28-50-49-29-41-25-36(33(3)4)20-22-42(41)34(5)56(49)59(55)57(48)50)37-21-23-46-45-14-8-11-17-53(45)58(54(46)30-37)51-15-9-6-12-43(51)44-13-7-10-16-52(44)58/h6-34,42H,1-5H3. The van der Waals surface area contributed by atoms with E-state index in [9.17, 15) is 0 Å². The van der Waals surface area contributed by atoms with E-state index in [0.29, 0.717) is 23.7 Å². The number of fused-ring (bicyclic) bond motifs is 18. The molecule has 0 radical (unpaired) electrons. The van der Waals surface area contributed by atoms with Crippen molar-refractivity contribution in [3.8, 4) is 33.4 Å². The largest absolute Gasteiger partial charge is 0.311 e. The zero-order valence-corrected chi connectivity index (χ0v) is 34.3. The fourth-order valence-corrected chi connectivity index (χ4v) is 12.0. The second-order valence-electron chi connectivity index (χ2n) is 18.4. The summed E-state index contributed by atoms with van der Waals surface area (Å²) in [4.78, 5) is 0. The maximum atomic E-state index is 2.66. The summed E-state index contributed by atoms with van der Waals surface area (Å²) in [6.45, 7) is 11.7. The number of rotatable bonds is 3. The first-order chi connectivity index (χ1) is 28.8. The summed E-state index contributed by atoms with van der Waals surface area (Å²) in [6, 6.07) is 51.9. The lowest BCUT2D eigenvalue weighted by atomic mass is 9.70. The Morgan fingerprint density at radius 3 is 1.88 bits per heavy atom. The van der Waals surface area contributed by atoms with Crippen LogP contribution in [0, 0.1) is 11.8 Å². The van der Waals surface area contributed by atoms with Gasteiger partial charge in [-0.2, -0.15) is 0 Å². The lowest BCUT2D eigenvalue weighted by Crippen LogP contribution is -2.25. The molecule has 0 N–H and O–H groups in total.